The number of hydrogen-bond donors (Lipinski definition) is 2. The summed E-state index contributed by atoms with van der Waals surface area (Å²) in [6.45, 7) is 4.46. The molecule has 1 saturated heterocycles. The molecule has 9 heteroatoms. The van der Waals surface area contributed by atoms with Crippen LogP contribution in [0.25, 0.3) is 0 Å². The van der Waals surface area contributed by atoms with Gasteiger partial charge in [-0.1, -0.05) is 12.1 Å². The fourth-order valence-corrected chi connectivity index (χ4v) is 4.21. The van der Waals surface area contributed by atoms with Gasteiger partial charge in [0, 0.05) is 37.5 Å². The van der Waals surface area contributed by atoms with Gasteiger partial charge in [-0.2, -0.15) is 0 Å². The lowest BCUT2D eigenvalue weighted by molar-refractivity contribution is -0.132. The Labute approximate surface area is 197 Å². The number of hydrogen-bond acceptors (Lipinski definition) is 6. The predicted molar refractivity (Wildman–Crippen MR) is 127 cm³/mol. The average molecular weight is 462 g/mol. The Kier molecular flexibility index (Phi) is 6.72. The third-order valence-corrected chi connectivity index (χ3v) is 5.94. The highest BCUT2D eigenvalue weighted by atomic mass is 16.3. The monoisotopic (exact) mass is 461 g/mol. The summed E-state index contributed by atoms with van der Waals surface area (Å²) >= 11 is 0. The molecule has 34 heavy (non-hydrogen) atoms. The molecule has 0 saturated carbocycles. The summed E-state index contributed by atoms with van der Waals surface area (Å²) in [5.74, 6) is -0.0864. The normalized spacial score (nSPS) is 15.4. The van der Waals surface area contributed by atoms with Crippen molar-refractivity contribution in [3.05, 3.63) is 81.7 Å². The van der Waals surface area contributed by atoms with Gasteiger partial charge in [0.15, 0.2) is 0 Å². The fraction of sp³-hybridized carbons (Fsp3) is 0.320. The second-order valence-electron chi connectivity index (χ2n) is 8.46. The van der Waals surface area contributed by atoms with E-state index in [0.717, 1.165) is 24.5 Å². The van der Waals surface area contributed by atoms with Gasteiger partial charge in [0.05, 0.1) is 11.7 Å². The number of aromatic hydroxyl groups is 1. The van der Waals surface area contributed by atoms with Crippen LogP contribution in [0.5, 0.6) is 5.75 Å². The molecule has 0 radical (unpaired) electrons. The second kappa shape index (κ2) is 9.86. The molecule has 176 valence electrons. The molecule has 9 nitrogen and oxygen atoms in total. The summed E-state index contributed by atoms with van der Waals surface area (Å²) in [6.07, 6.45) is 3.41. The first-order valence-electron chi connectivity index (χ1n) is 11.2. The first kappa shape index (κ1) is 23.2. The van der Waals surface area contributed by atoms with Gasteiger partial charge in [0.2, 0.25) is 5.91 Å². The summed E-state index contributed by atoms with van der Waals surface area (Å²) < 4.78 is 1.48. The van der Waals surface area contributed by atoms with Crippen LogP contribution in [-0.4, -0.2) is 42.9 Å². The minimum Gasteiger partial charge on any atom is -0.508 e. The van der Waals surface area contributed by atoms with Crippen molar-refractivity contribution < 1.29 is 14.7 Å². The molecule has 0 unspecified atom stereocenters. The van der Waals surface area contributed by atoms with Crippen LogP contribution in [0.1, 0.15) is 52.7 Å². The Balaban J connectivity index is 1.45. The first-order chi connectivity index (χ1) is 16.3. The van der Waals surface area contributed by atoms with Crippen molar-refractivity contribution in [1.82, 2.24) is 19.4 Å². The maximum atomic E-state index is 13.0. The van der Waals surface area contributed by atoms with Gasteiger partial charge in [-0.25, -0.2) is 9.97 Å². The summed E-state index contributed by atoms with van der Waals surface area (Å²) in [6, 6.07) is 11.2. The summed E-state index contributed by atoms with van der Waals surface area (Å²) in [7, 11) is 0. The van der Waals surface area contributed by atoms with Gasteiger partial charge in [-0.05, 0) is 56.5 Å². The maximum absolute atomic E-state index is 13.0. The number of aromatic nitrogens is 3. The van der Waals surface area contributed by atoms with Crippen LogP contribution in [-0.2, 0) is 11.3 Å². The maximum Gasteiger partial charge on any atom is 0.275 e. The van der Waals surface area contributed by atoms with Crippen LogP contribution in [0.3, 0.4) is 0 Å². The van der Waals surface area contributed by atoms with E-state index in [1.54, 1.807) is 36.2 Å². The smallest absolute Gasteiger partial charge is 0.275 e. The molecule has 2 N–H and O–H groups in total. The van der Waals surface area contributed by atoms with E-state index in [1.807, 2.05) is 19.1 Å². The van der Waals surface area contributed by atoms with E-state index in [1.165, 1.54) is 10.6 Å². The molecule has 3 aromatic rings. The summed E-state index contributed by atoms with van der Waals surface area (Å²) in [5.41, 5.74) is 2.17. The topological polar surface area (TPSA) is 117 Å². The van der Waals surface area contributed by atoms with E-state index in [9.17, 15) is 19.5 Å². The number of pyridine rings is 3. The Bertz CT molecular complexity index is 1270. The van der Waals surface area contributed by atoms with E-state index in [4.69, 9.17) is 0 Å². The molecule has 0 aromatic carbocycles. The highest BCUT2D eigenvalue weighted by Gasteiger charge is 2.31. The van der Waals surface area contributed by atoms with Crippen LogP contribution >= 0.6 is 0 Å². The zero-order chi connectivity index (χ0) is 24.2. The van der Waals surface area contributed by atoms with Gasteiger partial charge in [0.25, 0.3) is 11.5 Å². The number of carbonyl (C=O) groups excluding carboxylic acids is 2. The summed E-state index contributed by atoms with van der Waals surface area (Å²) in [5, 5.41) is 12.3. The van der Waals surface area contributed by atoms with Gasteiger partial charge < -0.3 is 19.9 Å². The molecule has 4 rings (SSSR count). The highest BCUT2D eigenvalue weighted by molar-refractivity contribution is 6.02. The van der Waals surface area contributed by atoms with Crippen LogP contribution in [0, 0.1) is 13.8 Å². The quantitative estimate of drug-likeness (QED) is 0.583. The first-order valence-corrected chi connectivity index (χ1v) is 11.2. The van der Waals surface area contributed by atoms with Crippen LogP contribution in [0.4, 0.5) is 5.82 Å². The highest BCUT2D eigenvalue weighted by Crippen LogP contribution is 2.31. The lowest BCUT2D eigenvalue weighted by atomic mass is 10.1. The molecule has 1 fully saturated rings. The van der Waals surface area contributed by atoms with Crippen molar-refractivity contribution in [3.8, 4) is 5.75 Å². The lowest BCUT2D eigenvalue weighted by Gasteiger charge is -2.25. The van der Waals surface area contributed by atoms with Crippen molar-refractivity contribution in [1.29, 1.82) is 0 Å². The van der Waals surface area contributed by atoms with Crippen LogP contribution < -0.4 is 10.9 Å². The average Bonchev–Trinajstić information content (AvgIpc) is 3.30. The SMILES string of the molecule is Cc1ccc(NC(=O)c2cccc([C@@H]3CCCN3C(=O)CCn3c(C)cc(O)cc3=O)n2)nc1. The number of aryl methyl sites for hydroxylation is 2. The molecule has 1 aliphatic heterocycles. The molecule has 0 bridgehead atoms. The molecule has 3 aromatic heterocycles. The van der Waals surface area contributed by atoms with Gasteiger partial charge in [-0.3, -0.25) is 14.4 Å². The van der Waals surface area contributed by atoms with E-state index in [0.29, 0.717) is 23.8 Å². The Hall–Kier alpha value is -4.01. The van der Waals surface area contributed by atoms with Crippen molar-refractivity contribution in [2.24, 2.45) is 0 Å². The third-order valence-electron chi connectivity index (χ3n) is 5.94. The lowest BCUT2D eigenvalue weighted by Crippen LogP contribution is -2.33. The minimum absolute atomic E-state index is 0.0811. The fourth-order valence-electron chi connectivity index (χ4n) is 4.21. The van der Waals surface area contributed by atoms with Gasteiger partial charge in [-0.15, -0.1) is 0 Å². The van der Waals surface area contributed by atoms with Crippen molar-refractivity contribution in [2.45, 2.75) is 45.7 Å². The largest absolute Gasteiger partial charge is 0.508 e. The number of likely N-dealkylation sites (tertiary alicyclic amines) is 1. The van der Waals surface area contributed by atoms with Crippen molar-refractivity contribution in [3.63, 3.8) is 0 Å². The number of amides is 2. The molecule has 0 aliphatic carbocycles. The van der Waals surface area contributed by atoms with Crippen molar-refractivity contribution in [2.75, 3.05) is 11.9 Å². The second-order valence-corrected chi connectivity index (χ2v) is 8.46. The molecule has 4 heterocycles. The molecular formula is C25H27N5O4. The number of carbonyl (C=O) groups is 2. The number of nitrogens with zero attached hydrogens (tertiary/aromatic N) is 4. The molecule has 0 spiro atoms. The number of rotatable bonds is 6. The zero-order valence-electron chi connectivity index (χ0n) is 19.2. The molecule has 1 atom stereocenters. The summed E-state index contributed by atoms with van der Waals surface area (Å²) in [4.78, 5) is 48.4. The Morgan fingerprint density at radius 1 is 1.18 bits per heavy atom. The van der Waals surface area contributed by atoms with E-state index < -0.39 is 0 Å². The minimum atomic E-state index is -0.365. The van der Waals surface area contributed by atoms with Crippen LogP contribution in [0.2, 0.25) is 0 Å². The number of nitrogens with one attached hydrogen (secondary N) is 1. The standard InChI is InChI=1S/C25H27N5O4/c1-16-8-9-22(26-15-16)28-25(34)20-6-3-5-19(27-20)21-7-4-11-30(21)23(32)10-12-29-17(2)13-18(31)14-24(29)33/h3,5-6,8-9,13-15,21,31H,4,7,10-12H2,1-2H3,(H,26,28,34)/t21-/m0/s1. The zero-order valence-corrected chi connectivity index (χ0v) is 19.2. The predicted octanol–water partition coefficient (Wildman–Crippen LogP) is 2.97. The van der Waals surface area contributed by atoms with Gasteiger partial charge >= 0.3 is 0 Å². The van der Waals surface area contributed by atoms with E-state index in [-0.39, 0.29) is 47.8 Å². The molecule has 1 aliphatic rings. The van der Waals surface area contributed by atoms with E-state index >= 15 is 0 Å². The van der Waals surface area contributed by atoms with Crippen molar-refractivity contribution >= 4 is 17.6 Å². The number of anilines is 1. The van der Waals surface area contributed by atoms with Crippen LogP contribution in [0.15, 0.2) is 53.5 Å². The Morgan fingerprint density at radius 3 is 2.74 bits per heavy atom. The third kappa shape index (κ3) is 5.14. The Morgan fingerprint density at radius 2 is 2.00 bits per heavy atom. The molecule has 2 amide bonds. The van der Waals surface area contributed by atoms with Gasteiger partial charge in [0.1, 0.15) is 17.3 Å². The van der Waals surface area contributed by atoms with E-state index in [2.05, 4.69) is 15.3 Å². The molecular weight excluding hydrogens is 434 g/mol.